The third kappa shape index (κ3) is 15.0. The number of hydrogen-bond acceptors (Lipinski definition) is 34. The molecule has 11 aliphatic rings. The van der Waals surface area contributed by atoms with E-state index in [1.54, 1.807) is 0 Å². The maximum atomic E-state index is 15.5. The van der Waals surface area contributed by atoms with Gasteiger partial charge >= 0.3 is 11.9 Å². The number of phenolic OH excluding ortho intramolecular Hbond substituents is 1. The van der Waals surface area contributed by atoms with Crippen LogP contribution in [0.3, 0.4) is 0 Å². The molecule has 38 atom stereocenters. The van der Waals surface area contributed by atoms with Gasteiger partial charge in [0, 0.05) is 6.08 Å². The van der Waals surface area contributed by atoms with Crippen LogP contribution in [0.4, 0.5) is 0 Å². The summed E-state index contributed by atoms with van der Waals surface area (Å²) in [7, 11) is 0. The van der Waals surface area contributed by atoms with E-state index in [-0.39, 0.29) is 35.8 Å². The zero-order chi connectivity index (χ0) is 78.6. The van der Waals surface area contributed by atoms with Gasteiger partial charge in [-0.25, -0.2) is 4.79 Å². The average molecular weight is 1550 g/mol. The summed E-state index contributed by atoms with van der Waals surface area (Å²) in [6, 6.07) is 5.81. The smallest absolute Gasteiger partial charge is 0.331 e. The highest BCUT2D eigenvalue weighted by Crippen LogP contribution is 2.76. The van der Waals surface area contributed by atoms with Gasteiger partial charge < -0.3 is 159 Å². The lowest BCUT2D eigenvalue weighted by molar-refractivity contribution is -0.389. The molecular weight excluding hydrogens is 1430 g/mol. The summed E-state index contributed by atoms with van der Waals surface area (Å²) in [4.78, 5) is 28.7. The molecule has 4 saturated carbocycles. The van der Waals surface area contributed by atoms with Crippen molar-refractivity contribution in [3.63, 3.8) is 0 Å². The molecule has 1 aromatic carbocycles. The van der Waals surface area contributed by atoms with Crippen LogP contribution in [0.5, 0.6) is 5.75 Å². The van der Waals surface area contributed by atoms with Gasteiger partial charge in [-0.05, 0) is 133 Å². The topological polar surface area (TPSA) is 539 Å². The molecule has 1 aromatic rings. The maximum Gasteiger partial charge on any atom is 0.331 e. The maximum absolute atomic E-state index is 15.5. The van der Waals surface area contributed by atoms with Crippen LogP contribution in [-0.4, -0.2) is 332 Å². The number of esters is 2. The first-order valence-corrected chi connectivity index (χ1v) is 37.6. The van der Waals surface area contributed by atoms with Gasteiger partial charge in [0.1, 0.15) is 139 Å². The molecule has 612 valence electrons. The number of allylic oxidation sites excluding steroid dienone is 2. The Hall–Kier alpha value is -3.72. The summed E-state index contributed by atoms with van der Waals surface area (Å²) < 4.78 is 78.3. The second kappa shape index (κ2) is 32.2. The molecule has 34 heteroatoms. The van der Waals surface area contributed by atoms with Gasteiger partial charge in [0.15, 0.2) is 37.6 Å². The largest absolute Gasteiger partial charge is 0.508 e. The number of aliphatic hydroxyl groups excluding tert-OH is 18. The predicted octanol–water partition coefficient (Wildman–Crippen LogP) is -3.78. The zero-order valence-electron chi connectivity index (χ0n) is 61.7. The van der Waals surface area contributed by atoms with Gasteiger partial charge in [-0.1, -0.05) is 72.2 Å². The lowest BCUT2D eigenvalue weighted by atomic mass is 9.33. The van der Waals surface area contributed by atoms with Crippen LogP contribution in [0, 0.1) is 50.2 Å². The number of aromatic hydroxyl groups is 1. The molecule has 6 saturated heterocycles. The second-order valence-corrected chi connectivity index (χ2v) is 33.9. The van der Waals surface area contributed by atoms with Crippen molar-refractivity contribution in [2.45, 2.75) is 304 Å². The van der Waals surface area contributed by atoms with Gasteiger partial charge in [0.25, 0.3) is 0 Å². The Morgan fingerprint density at radius 1 is 0.519 bits per heavy atom. The summed E-state index contributed by atoms with van der Waals surface area (Å²) in [5, 5.41) is 210. The fourth-order valence-electron chi connectivity index (χ4n) is 20.2. The number of hydrogen-bond donors (Lipinski definition) is 19. The highest BCUT2D eigenvalue weighted by atomic mass is 16.8. The highest BCUT2D eigenvalue weighted by molar-refractivity contribution is 5.87. The summed E-state index contributed by atoms with van der Waals surface area (Å²) >= 11 is 0. The minimum atomic E-state index is -2.02. The minimum absolute atomic E-state index is 0.0206. The lowest BCUT2D eigenvalue weighted by Gasteiger charge is -2.71. The van der Waals surface area contributed by atoms with Crippen LogP contribution in [-0.2, 0) is 71.2 Å². The van der Waals surface area contributed by atoms with E-state index in [2.05, 4.69) is 54.5 Å². The number of ether oxygens (including phenoxy) is 13. The molecule has 0 spiro atoms. The van der Waals surface area contributed by atoms with Gasteiger partial charge in [0.05, 0.1) is 51.3 Å². The molecule has 34 nitrogen and oxygen atoms in total. The minimum Gasteiger partial charge on any atom is -0.508 e. The van der Waals surface area contributed by atoms with Gasteiger partial charge in [0.2, 0.25) is 6.29 Å². The molecule has 0 amide bonds. The van der Waals surface area contributed by atoms with Crippen molar-refractivity contribution in [3.05, 3.63) is 47.6 Å². The Morgan fingerprint density at radius 3 is 1.74 bits per heavy atom. The molecule has 0 radical (unpaired) electrons. The van der Waals surface area contributed by atoms with E-state index >= 15 is 4.79 Å². The molecule has 12 rings (SSSR count). The number of benzene rings is 1. The van der Waals surface area contributed by atoms with Crippen LogP contribution < -0.4 is 0 Å². The second-order valence-electron chi connectivity index (χ2n) is 33.9. The van der Waals surface area contributed by atoms with Crippen LogP contribution in [0.15, 0.2) is 42.0 Å². The van der Waals surface area contributed by atoms with Crippen LogP contribution in [0.25, 0.3) is 6.08 Å². The first-order chi connectivity index (χ1) is 50.8. The molecule has 6 heterocycles. The summed E-state index contributed by atoms with van der Waals surface area (Å²) in [5.41, 5.74) is -2.88. The number of carbonyl (C=O) groups is 2. The Balaban J connectivity index is 0.755. The first kappa shape index (κ1) is 83.7. The van der Waals surface area contributed by atoms with E-state index in [4.69, 9.17) is 61.6 Å². The third-order valence-corrected chi connectivity index (χ3v) is 26.8. The third-order valence-electron chi connectivity index (χ3n) is 26.8. The van der Waals surface area contributed by atoms with E-state index in [1.165, 1.54) is 37.3 Å². The van der Waals surface area contributed by atoms with Crippen molar-refractivity contribution in [1.82, 2.24) is 0 Å². The van der Waals surface area contributed by atoms with E-state index in [9.17, 15) is 102 Å². The Labute approximate surface area is 624 Å². The molecule has 0 bridgehead atoms. The van der Waals surface area contributed by atoms with Gasteiger partial charge in [-0.3, -0.25) is 4.79 Å². The molecule has 6 aliphatic heterocycles. The molecule has 5 aliphatic carbocycles. The standard InChI is InChI=1S/C74H112O34/c1-30-45(82)49(86)53(90)63(98-30)106-59-38(27-77)101-62(56(93)52(59)89)97-29-39-47(84)51(88)55(92)65(102-39)108-68(95)74-22-21-69(2,3)23-34(74)33-14-15-41-71(6)19-18-43(70(4,5)40(71)17-20-72(41,7)73(33,8)24-42(74)80)103-67-61(107-64-54(91)50(87)46(83)36(25-75)99-64)58(35(79)28-96-67)105-66-57(94)60(48(85)37(26-76)100-66)104-44(81)16-11-31-9-12-32(78)13-10-31/h9-14,16,30,34-43,45-67,75-80,82-94H,15,17-29H2,1-8H3/b16-11-/t30-,34-,35-,36+,37+,38+,39+,40-,41+,42+,43-,45-,46+,47+,48+,49+,50-,51-,52+,53+,54+,55+,56+,57+,58-,59+,60-,61+,62+,63-,64-,65-,66-,67-,71-,72+,73+,74+/m0/s1. The molecule has 19 N–H and O–H groups in total. The Kier molecular flexibility index (Phi) is 24.9. The van der Waals surface area contributed by atoms with Gasteiger partial charge in [-0.15, -0.1) is 0 Å². The van der Waals surface area contributed by atoms with E-state index in [0.717, 1.165) is 11.6 Å². The number of rotatable bonds is 19. The van der Waals surface area contributed by atoms with Crippen molar-refractivity contribution < 1.29 is 168 Å². The van der Waals surface area contributed by atoms with Gasteiger partial charge in [-0.2, -0.15) is 0 Å². The quantitative estimate of drug-likeness (QED) is 0.0274. The SMILES string of the molecule is C[C@@H]1O[C@@H](O[C@H]2[C@H](O)[C@@H](O)[C@H](OC[C@H]3O[C@@H](OC(=O)[C@]45CCC(C)(C)C[C@H]4C4=CC[C@@H]6[C@@]7(C)CC[C@H](O[C@@H]8OC[C@H](O)[C@H](O[C@@H]9O[C@H](CO)[C@@H](O)[C@H](OC(=O)/C=C\c%10ccc(O)cc%10)[C@H]9O)[C@H]8O[C@@H]8O[C@H](CO)[C@@H](O)[C@H](O)[C@H]8O)C(C)(C)[C@@H]7CC[C@@]6(C)[C@]4(C)C[C@H]5O)[C@H](O)[C@@H](O)[C@@H]3O)O[C@@H]2CO)[C@H](O)[C@H](O)[C@H]1O. The number of phenols is 1. The molecule has 0 unspecified atom stereocenters. The van der Waals surface area contributed by atoms with Crippen molar-refractivity contribution in [2.24, 2.45) is 50.2 Å². The Bertz CT molecular complexity index is 3310. The van der Waals surface area contributed by atoms with E-state index in [1.807, 2.05) is 0 Å². The summed E-state index contributed by atoms with van der Waals surface area (Å²) in [5.74, 6) is -2.69. The molecular formula is C74H112O34. The van der Waals surface area contributed by atoms with Crippen molar-refractivity contribution >= 4 is 18.0 Å². The summed E-state index contributed by atoms with van der Waals surface area (Å²) in [6.45, 7) is 12.7. The van der Waals surface area contributed by atoms with E-state index in [0.29, 0.717) is 50.5 Å². The fraction of sp³-hybridized carbons (Fsp3) is 0.838. The Morgan fingerprint density at radius 2 is 1.08 bits per heavy atom. The monoisotopic (exact) mass is 1540 g/mol. The van der Waals surface area contributed by atoms with Crippen LogP contribution in [0.2, 0.25) is 0 Å². The zero-order valence-corrected chi connectivity index (χ0v) is 61.7. The van der Waals surface area contributed by atoms with Crippen molar-refractivity contribution in [2.75, 3.05) is 33.0 Å². The molecule has 10 fully saturated rings. The molecule has 0 aromatic heterocycles. The lowest BCUT2D eigenvalue weighted by Crippen LogP contribution is -2.68. The number of carbonyl (C=O) groups excluding carboxylic acids is 2. The molecule has 108 heavy (non-hydrogen) atoms. The van der Waals surface area contributed by atoms with Crippen molar-refractivity contribution in [3.8, 4) is 5.75 Å². The van der Waals surface area contributed by atoms with Crippen molar-refractivity contribution in [1.29, 1.82) is 0 Å². The normalized spacial score (nSPS) is 50.1. The first-order valence-electron chi connectivity index (χ1n) is 37.6. The van der Waals surface area contributed by atoms with Crippen LogP contribution >= 0.6 is 0 Å². The average Bonchev–Trinajstić information content (AvgIpc) is 0.670. The summed E-state index contributed by atoms with van der Waals surface area (Å²) in [6.07, 6.45) is -43.9. The fourth-order valence-corrected chi connectivity index (χ4v) is 20.2. The van der Waals surface area contributed by atoms with Crippen LogP contribution in [0.1, 0.15) is 119 Å². The highest BCUT2D eigenvalue weighted by Gasteiger charge is 2.73. The predicted molar refractivity (Wildman–Crippen MR) is 363 cm³/mol. The van der Waals surface area contributed by atoms with E-state index < -0.39 is 268 Å². The number of fused-ring (bicyclic) bond motifs is 7. The number of aliphatic hydroxyl groups is 18.